The lowest BCUT2D eigenvalue weighted by Gasteiger charge is -2.23. The van der Waals surface area contributed by atoms with Crippen molar-refractivity contribution in [3.63, 3.8) is 0 Å². The molecule has 4 atom stereocenters. The number of anilines is 1. The van der Waals surface area contributed by atoms with Gasteiger partial charge in [0.2, 0.25) is 0 Å². The molecule has 2 unspecified atom stereocenters. The van der Waals surface area contributed by atoms with Crippen LogP contribution in [0.4, 0.5) is 19.0 Å². The van der Waals surface area contributed by atoms with Crippen LogP contribution < -0.4 is 16.2 Å². The Bertz CT molecular complexity index is 1010. The van der Waals surface area contributed by atoms with Crippen LogP contribution in [0, 0.1) is 17.8 Å². The zero-order chi connectivity index (χ0) is 24.6. The number of fused-ring (bicyclic) bond motifs is 1. The maximum absolute atomic E-state index is 14.8. The van der Waals surface area contributed by atoms with E-state index in [1.165, 1.54) is 25.1 Å². The summed E-state index contributed by atoms with van der Waals surface area (Å²) in [5, 5.41) is 0. The first-order valence-electron chi connectivity index (χ1n) is 11.5. The molecule has 0 bridgehead atoms. The van der Waals surface area contributed by atoms with Gasteiger partial charge in [0.25, 0.3) is 0 Å². The molecule has 1 saturated carbocycles. The maximum Gasteiger partial charge on any atom is 0.387 e. The van der Waals surface area contributed by atoms with Gasteiger partial charge in [-0.2, -0.15) is 8.78 Å². The number of alkyl halides is 3. The normalized spacial score (nSPS) is 29.1. The molecule has 2 heterocycles. The number of aliphatic imine (C=N–C) groups is 1. The highest BCUT2D eigenvalue weighted by Crippen LogP contribution is 2.58. The molecule has 0 aromatic carbocycles. The van der Waals surface area contributed by atoms with Gasteiger partial charge >= 0.3 is 6.61 Å². The lowest BCUT2D eigenvalue weighted by atomic mass is 10.0. The van der Waals surface area contributed by atoms with E-state index in [0.717, 1.165) is 12.1 Å². The summed E-state index contributed by atoms with van der Waals surface area (Å²) in [6.45, 7) is 2.15. The molecule has 10 heteroatoms. The fourth-order valence-electron chi connectivity index (χ4n) is 5.09. The molecule has 34 heavy (non-hydrogen) atoms. The minimum atomic E-state index is -3.01. The summed E-state index contributed by atoms with van der Waals surface area (Å²) in [5.74, 6) is 0.601. The lowest BCUT2D eigenvalue weighted by Crippen LogP contribution is -2.33. The van der Waals surface area contributed by atoms with Crippen LogP contribution in [0.3, 0.4) is 0 Å². The lowest BCUT2D eigenvalue weighted by molar-refractivity contribution is -0.0495. The van der Waals surface area contributed by atoms with Gasteiger partial charge in [-0.25, -0.2) is 9.37 Å². The summed E-state index contributed by atoms with van der Waals surface area (Å²) >= 11 is 0. The summed E-state index contributed by atoms with van der Waals surface area (Å²) < 4.78 is 49.6. The Kier molecular flexibility index (Phi) is 6.80. The number of allylic oxidation sites excluding steroid dienone is 3. The van der Waals surface area contributed by atoms with Crippen molar-refractivity contribution in [2.45, 2.75) is 45.0 Å². The first-order chi connectivity index (χ1) is 16.1. The summed E-state index contributed by atoms with van der Waals surface area (Å²) in [4.78, 5) is 10.8. The molecular formula is C24H32F3N5O2. The van der Waals surface area contributed by atoms with Gasteiger partial charge in [0.1, 0.15) is 0 Å². The van der Waals surface area contributed by atoms with Crippen LogP contribution in [0.25, 0.3) is 5.70 Å². The van der Waals surface area contributed by atoms with E-state index in [1.54, 1.807) is 6.08 Å². The van der Waals surface area contributed by atoms with E-state index >= 15 is 0 Å². The molecule has 0 spiro atoms. The number of nitrogens with two attached hydrogens (primary N) is 2. The number of nitrogens with zero attached hydrogens (tertiary/aromatic N) is 3. The van der Waals surface area contributed by atoms with Crippen molar-refractivity contribution in [2.75, 3.05) is 32.5 Å². The summed E-state index contributed by atoms with van der Waals surface area (Å²) in [7, 11) is 1.53. The Morgan fingerprint density at radius 3 is 2.79 bits per heavy atom. The van der Waals surface area contributed by atoms with E-state index in [9.17, 15) is 13.2 Å². The average molecular weight is 480 g/mol. The Morgan fingerprint density at radius 1 is 1.41 bits per heavy atom. The SMILES string of the molecule is COCC1(F)CCN(C2=C[C@@H]3C(C(C=C(N)c4cnc(N)c(OC(F)F)c4)=NC(C)C)[C@@H]3C2)C1. The maximum atomic E-state index is 14.8. The van der Waals surface area contributed by atoms with Crippen LogP contribution in [0.2, 0.25) is 0 Å². The quantitative estimate of drug-likeness (QED) is 0.525. The minimum absolute atomic E-state index is 0.0610. The molecule has 4 rings (SSSR count). The summed E-state index contributed by atoms with van der Waals surface area (Å²) in [6.07, 6.45) is 6.81. The molecule has 0 amide bonds. The number of likely N-dealkylation sites (tertiary alicyclic amines) is 1. The molecule has 186 valence electrons. The zero-order valence-corrected chi connectivity index (χ0v) is 19.7. The molecule has 1 aliphatic heterocycles. The summed E-state index contributed by atoms with van der Waals surface area (Å²) in [6, 6.07) is 1.42. The molecule has 1 aromatic heterocycles. The first-order valence-corrected chi connectivity index (χ1v) is 11.5. The van der Waals surface area contributed by atoms with E-state index in [0.29, 0.717) is 42.6 Å². The Hall–Kier alpha value is -2.75. The first kappa shape index (κ1) is 24.4. The second-order valence-corrected chi connectivity index (χ2v) is 9.62. The van der Waals surface area contributed by atoms with Crippen LogP contribution in [0.1, 0.15) is 32.3 Å². The second-order valence-electron chi connectivity index (χ2n) is 9.62. The van der Waals surface area contributed by atoms with Gasteiger partial charge in [-0.3, -0.25) is 4.99 Å². The van der Waals surface area contributed by atoms with Gasteiger partial charge in [-0.05, 0) is 44.2 Å². The third-order valence-corrected chi connectivity index (χ3v) is 6.66. The molecule has 3 aliphatic rings. The van der Waals surface area contributed by atoms with Crippen LogP contribution in [-0.4, -0.2) is 60.7 Å². The number of rotatable bonds is 9. The van der Waals surface area contributed by atoms with Crippen LogP contribution in [0.15, 0.2) is 35.1 Å². The van der Waals surface area contributed by atoms with Crippen LogP contribution in [0.5, 0.6) is 5.75 Å². The minimum Gasteiger partial charge on any atom is -0.431 e. The van der Waals surface area contributed by atoms with E-state index < -0.39 is 12.3 Å². The highest BCUT2D eigenvalue weighted by atomic mass is 19.3. The number of methoxy groups -OCH3 is 1. The average Bonchev–Trinajstić information content (AvgIpc) is 3.06. The van der Waals surface area contributed by atoms with E-state index in [-0.39, 0.29) is 30.1 Å². The van der Waals surface area contributed by atoms with Crippen molar-refractivity contribution in [1.29, 1.82) is 0 Å². The second kappa shape index (κ2) is 9.48. The molecule has 2 aliphatic carbocycles. The predicted molar refractivity (Wildman–Crippen MR) is 125 cm³/mol. The van der Waals surface area contributed by atoms with E-state index in [2.05, 4.69) is 20.7 Å². The molecule has 2 fully saturated rings. The highest BCUT2D eigenvalue weighted by Gasteiger charge is 2.56. The number of nitrogen functional groups attached to an aromatic ring is 1. The van der Waals surface area contributed by atoms with Crippen molar-refractivity contribution in [2.24, 2.45) is 28.5 Å². The third-order valence-electron chi connectivity index (χ3n) is 6.66. The highest BCUT2D eigenvalue weighted by molar-refractivity contribution is 6.04. The smallest absolute Gasteiger partial charge is 0.387 e. The zero-order valence-electron chi connectivity index (χ0n) is 19.7. The fourth-order valence-corrected chi connectivity index (χ4v) is 5.09. The number of halogens is 3. The molecule has 4 N–H and O–H groups in total. The molecule has 7 nitrogen and oxygen atoms in total. The molecule has 1 saturated heterocycles. The number of hydrogen-bond donors (Lipinski definition) is 2. The largest absolute Gasteiger partial charge is 0.431 e. The molecular weight excluding hydrogens is 447 g/mol. The van der Waals surface area contributed by atoms with Gasteiger partial charge in [-0.15, -0.1) is 0 Å². The Balaban J connectivity index is 1.49. The van der Waals surface area contributed by atoms with Gasteiger partial charge < -0.3 is 25.8 Å². The van der Waals surface area contributed by atoms with Gasteiger partial charge in [0.15, 0.2) is 17.2 Å². The van der Waals surface area contributed by atoms with Crippen molar-refractivity contribution in [3.8, 4) is 5.75 Å². The number of aromatic nitrogens is 1. The van der Waals surface area contributed by atoms with Crippen molar-refractivity contribution in [3.05, 3.63) is 35.7 Å². The van der Waals surface area contributed by atoms with E-state index in [4.69, 9.17) is 21.2 Å². The number of ether oxygens (including phenoxy) is 2. The van der Waals surface area contributed by atoms with Crippen molar-refractivity contribution in [1.82, 2.24) is 9.88 Å². The standard InChI is InChI=1S/C24H32F3N5O2/c1-13(2)31-19(9-18(28)14-6-20(34-23(25)26)22(29)30-10-14)21-16-7-15(8-17(16)21)32-5-4-24(27,11-32)12-33-3/h6-7,9-10,13,16-17,21,23H,4-5,8,11-12,28H2,1-3H3,(H2,29,30)/t16-,17+,21?,24?/m0/s1. The third kappa shape index (κ3) is 5.16. The Labute approximate surface area is 197 Å². The van der Waals surface area contributed by atoms with Crippen molar-refractivity contribution < 1.29 is 22.6 Å². The van der Waals surface area contributed by atoms with Crippen LogP contribution in [-0.2, 0) is 4.74 Å². The van der Waals surface area contributed by atoms with Crippen molar-refractivity contribution >= 4 is 17.2 Å². The number of pyridine rings is 1. The summed E-state index contributed by atoms with van der Waals surface area (Å²) in [5.41, 5.74) is 13.5. The molecule has 0 radical (unpaired) electrons. The predicted octanol–water partition coefficient (Wildman–Crippen LogP) is 3.62. The van der Waals surface area contributed by atoms with Gasteiger partial charge in [0, 0.05) is 60.9 Å². The molecule has 1 aromatic rings. The Morgan fingerprint density at radius 2 is 2.18 bits per heavy atom. The van der Waals surface area contributed by atoms with Crippen LogP contribution >= 0.6 is 0 Å². The topological polar surface area (TPSA) is 99.0 Å². The van der Waals surface area contributed by atoms with E-state index in [1.807, 2.05) is 13.8 Å². The number of hydrogen-bond acceptors (Lipinski definition) is 7. The van der Waals surface area contributed by atoms with Gasteiger partial charge in [-0.1, -0.05) is 6.08 Å². The monoisotopic (exact) mass is 479 g/mol. The van der Waals surface area contributed by atoms with Gasteiger partial charge in [0.05, 0.1) is 13.2 Å². The fraction of sp³-hybridized carbons (Fsp3) is 0.583.